The van der Waals surface area contributed by atoms with E-state index in [2.05, 4.69) is 0 Å². The maximum Gasteiger partial charge on any atom is 0.128 e. The Morgan fingerprint density at radius 3 is 2.61 bits per heavy atom. The number of aliphatic hydroxyl groups is 2. The fraction of sp³-hybridized carbons (Fsp3) is 0.571. The molecule has 0 spiro atoms. The highest BCUT2D eigenvalue weighted by molar-refractivity contribution is 5.41. The minimum atomic E-state index is -0.566. The lowest BCUT2D eigenvalue weighted by molar-refractivity contribution is 0.190. The molecule has 0 aliphatic heterocycles. The molecule has 2 N–H and O–H groups in total. The van der Waals surface area contributed by atoms with E-state index in [1.165, 1.54) is 0 Å². The largest absolute Gasteiger partial charge is 0.497 e. The van der Waals surface area contributed by atoms with E-state index >= 15 is 0 Å². The van der Waals surface area contributed by atoms with Gasteiger partial charge in [-0.25, -0.2) is 0 Å². The zero-order chi connectivity index (χ0) is 13.4. The molecule has 0 bridgehead atoms. The highest BCUT2D eigenvalue weighted by Gasteiger charge is 2.10. The molecule has 1 aromatic carbocycles. The Balaban J connectivity index is 2.60. The fourth-order valence-corrected chi connectivity index (χ4v) is 1.68. The molecule has 1 rings (SSSR count). The summed E-state index contributed by atoms with van der Waals surface area (Å²) < 4.78 is 10.8. The molecule has 4 nitrogen and oxygen atoms in total. The molecule has 4 heteroatoms. The Bertz CT molecular complexity index is 350. The van der Waals surface area contributed by atoms with Crippen molar-refractivity contribution < 1.29 is 19.7 Å². The van der Waals surface area contributed by atoms with Gasteiger partial charge in [-0.1, -0.05) is 0 Å². The number of aliphatic hydroxyl groups excluding tert-OH is 2. The zero-order valence-corrected chi connectivity index (χ0v) is 11.1. The number of rotatable bonds is 8. The minimum absolute atomic E-state index is 0.220. The van der Waals surface area contributed by atoms with E-state index in [-0.39, 0.29) is 6.61 Å². The number of ether oxygens (including phenoxy) is 2. The van der Waals surface area contributed by atoms with Gasteiger partial charge in [-0.2, -0.15) is 0 Å². The third-order valence-corrected chi connectivity index (χ3v) is 2.73. The molecule has 0 aliphatic carbocycles. The first-order chi connectivity index (χ1) is 8.69. The predicted molar refractivity (Wildman–Crippen MR) is 70.1 cm³/mol. The van der Waals surface area contributed by atoms with Crippen molar-refractivity contribution in [1.29, 1.82) is 0 Å². The molecular weight excluding hydrogens is 232 g/mol. The maximum absolute atomic E-state index is 9.66. The van der Waals surface area contributed by atoms with Crippen LogP contribution in [0.4, 0.5) is 0 Å². The van der Waals surface area contributed by atoms with Crippen LogP contribution in [0.1, 0.15) is 37.9 Å². The van der Waals surface area contributed by atoms with E-state index in [0.29, 0.717) is 18.1 Å². The number of hydrogen-bond acceptors (Lipinski definition) is 4. The summed E-state index contributed by atoms with van der Waals surface area (Å²) in [6, 6.07) is 5.40. The summed E-state index contributed by atoms with van der Waals surface area (Å²) in [5, 5.41) is 18.3. The minimum Gasteiger partial charge on any atom is -0.497 e. The van der Waals surface area contributed by atoms with Gasteiger partial charge in [0.15, 0.2) is 0 Å². The standard InChI is InChI=1S/C14H22O4/c1-11(16)13-7-6-12(17-2)10-14(13)18-9-5-3-4-8-15/h6-7,10-11,15-16H,3-5,8-9H2,1-2H3/t11-/m1/s1. The van der Waals surface area contributed by atoms with Crippen molar-refractivity contribution in [3.05, 3.63) is 23.8 Å². The summed E-state index contributed by atoms with van der Waals surface area (Å²) in [5.41, 5.74) is 0.762. The van der Waals surface area contributed by atoms with Crippen molar-refractivity contribution >= 4 is 0 Å². The number of unbranched alkanes of at least 4 members (excludes halogenated alkanes) is 2. The van der Waals surface area contributed by atoms with Crippen LogP contribution in [-0.4, -0.2) is 30.5 Å². The number of benzene rings is 1. The van der Waals surface area contributed by atoms with Crippen LogP contribution >= 0.6 is 0 Å². The Labute approximate surface area is 108 Å². The summed E-state index contributed by atoms with van der Waals surface area (Å²) in [4.78, 5) is 0. The Hall–Kier alpha value is -1.26. The summed E-state index contributed by atoms with van der Waals surface area (Å²) >= 11 is 0. The monoisotopic (exact) mass is 254 g/mol. The summed E-state index contributed by atoms with van der Waals surface area (Å²) in [6.45, 7) is 2.51. The van der Waals surface area contributed by atoms with Gasteiger partial charge in [0.1, 0.15) is 11.5 Å². The third-order valence-electron chi connectivity index (χ3n) is 2.73. The molecule has 0 aromatic heterocycles. The average molecular weight is 254 g/mol. The lowest BCUT2D eigenvalue weighted by Crippen LogP contribution is -2.03. The first-order valence-corrected chi connectivity index (χ1v) is 6.28. The predicted octanol–water partition coefficient (Wildman–Crippen LogP) is 2.29. The lowest BCUT2D eigenvalue weighted by Gasteiger charge is -2.14. The molecule has 0 aliphatic rings. The molecule has 18 heavy (non-hydrogen) atoms. The molecule has 0 saturated carbocycles. The van der Waals surface area contributed by atoms with Gasteiger partial charge in [-0.3, -0.25) is 0 Å². The Morgan fingerprint density at radius 2 is 2.00 bits per heavy atom. The van der Waals surface area contributed by atoms with Gasteiger partial charge in [0.2, 0.25) is 0 Å². The van der Waals surface area contributed by atoms with Crippen LogP contribution in [0.3, 0.4) is 0 Å². The van der Waals surface area contributed by atoms with Crippen molar-refractivity contribution in [2.75, 3.05) is 20.3 Å². The van der Waals surface area contributed by atoms with E-state index in [4.69, 9.17) is 14.6 Å². The smallest absolute Gasteiger partial charge is 0.128 e. The highest BCUT2D eigenvalue weighted by atomic mass is 16.5. The van der Waals surface area contributed by atoms with Crippen molar-refractivity contribution in [1.82, 2.24) is 0 Å². The van der Waals surface area contributed by atoms with Gasteiger partial charge in [-0.05, 0) is 38.3 Å². The van der Waals surface area contributed by atoms with Crippen molar-refractivity contribution in [3.8, 4) is 11.5 Å². The topological polar surface area (TPSA) is 58.9 Å². The van der Waals surface area contributed by atoms with E-state index in [1.54, 1.807) is 26.2 Å². The van der Waals surface area contributed by atoms with Crippen molar-refractivity contribution in [2.24, 2.45) is 0 Å². The number of hydrogen-bond donors (Lipinski definition) is 2. The molecule has 0 heterocycles. The van der Waals surface area contributed by atoms with Crippen LogP contribution in [0.25, 0.3) is 0 Å². The molecule has 0 saturated heterocycles. The second kappa shape index (κ2) is 7.95. The van der Waals surface area contributed by atoms with Gasteiger partial charge < -0.3 is 19.7 Å². The van der Waals surface area contributed by atoms with Crippen molar-refractivity contribution in [2.45, 2.75) is 32.3 Å². The SMILES string of the molecule is COc1ccc([C@@H](C)O)c(OCCCCCO)c1. The van der Waals surface area contributed by atoms with Crippen LogP contribution in [0.2, 0.25) is 0 Å². The van der Waals surface area contributed by atoms with Crippen LogP contribution in [0.5, 0.6) is 11.5 Å². The summed E-state index contributed by atoms with van der Waals surface area (Å²) in [6.07, 6.45) is 2.05. The Kier molecular flexibility index (Phi) is 6.54. The molecule has 0 radical (unpaired) electrons. The Morgan fingerprint density at radius 1 is 1.22 bits per heavy atom. The lowest BCUT2D eigenvalue weighted by atomic mass is 10.1. The van der Waals surface area contributed by atoms with Gasteiger partial charge in [0.05, 0.1) is 19.8 Å². The van der Waals surface area contributed by atoms with Gasteiger partial charge >= 0.3 is 0 Å². The molecule has 0 unspecified atom stereocenters. The van der Waals surface area contributed by atoms with Crippen LogP contribution in [0.15, 0.2) is 18.2 Å². The van der Waals surface area contributed by atoms with E-state index in [1.807, 2.05) is 6.07 Å². The van der Waals surface area contributed by atoms with Crippen molar-refractivity contribution in [3.63, 3.8) is 0 Å². The fourth-order valence-electron chi connectivity index (χ4n) is 1.68. The second-order valence-corrected chi connectivity index (χ2v) is 4.21. The first kappa shape index (κ1) is 14.8. The molecular formula is C14H22O4. The number of methoxy groups -OCH3 is 1. The average Bonchev–Trinajstić information content (AvgIpc) is 2.38. The van der Waals surface area contributed by atoms with Crippen LogP contribution < -0.4 is 9.47 Å². The molecule has 102 valence electrons. The van der Waals surface area contributed by atoms with Crippen LogP contribution in [-0.2, 0) is 0 Å². The van der Waals surface area contributed by atoms with Crippen LogP contribution in [0, 0.1) is 0 Å². The molecule has 0 amide bonds. The van der Waals surface area contributed by atoms with Gasteiger partial charge in [0.25, 0.3) is 0 Å². The van der Waals surface area contributed by atoms with E-state index < -0.39 is 6.10 Å². The quantitative estimate of drug-likeness (QED) is 0.699. The third kappa shape index (κ3) is 4.55. The maximum atomic E-state index is 9.66. The molecule has 0 fully saturated rings. The molecule has 1 aromatic rings. The highest BCUT2D eigenvalue weighted by Crippen LogP contribution is 2.29. The summed E-state index contributed by atoms with van der Waals surface area (Å²) in [5.74, 6) is 1.37. The zero-order valence-electron chi connectivity index (χ0n) is 11.1. The second-order valence-electron chi connectivity index (χ2n) is 4.21. The summed E-state index contributed by atoms with van der Waals surface area (Å²) in [7, 11) is 1.60. The normalized spacial score (nSPS) is 12.2. The van der Waals surface area contributed by atoms with Gasteiger partial charge in [-0.15, -0.1) is 0 Å². The van der Waals surface area contributed by atoms with E-state index in [9.17, 15) is 5.11 Å². The first-order valence-electron chi connectivity index (χ1n) is 6.28. The van der Waals surface area contributed by atoms with Gasteiger partial charge in [0, 0.05) is 18.2 Å². The van der Waals surface area contributed by atoms with E-state index in [0.717, 1.165) is 24.8 Å². The molecule has 1 atom stereocenters.